The zero-order valence-corrected chi connectivity index (χ0v) is 13.7. The molecule has 2 aliphatic rings. The Kier molecular flexibility index (Phi) is 5.28. The molecule has 0 aromatic carbocycles. The summed E-state index contributed by atoms with van der Waals surface area (Å²) in [4.78, 5) is 16.9. The largest absolute Gasteiger partial charge is 0.389 e. The lowest BCUT2D eigenvalue weighted by Crippen LogP contribution is -2.55. The molecule has 0 bridgehead atoms. The van der Waals surface area contributed by atoms with E-state index >= 15 is 0 Å². The van der Waals surface area contributed by atoms with Crippen LogP contribution >= 0.6 is 0 Å². The Balaban J connectivity index is 1.85. The second-order valence-corrected chi connectivity index (χ2v) is 7.60. The van der Waals surface area contributed by atoms with Gasteiger partial charge in [0.15, 0.2) is 0 Å². The molecule has 1 aliphatic heterocycles. The Hall–Kier alpha value is -0.650. The molecule has 2 rings (SSSR count). The third kappa shape index (κ3) is 4.66. The van der Waals surface area contributed by atoms with E-state index in [2.05, 4.69) is 11.8 Å². The molecular formula is C16H31N3O2. The van der Waals surface area contributed by atoms with E-state index in [9.17, 15) is 9.90 Å². The molecule has 3 atom stereocenters. The van der Waals surface area contributed by atoms with E-state index in [1.807, 2.05) is 18.7 Å². The highest BCUT2D eigenvalue weighted by atomic mass is 16.3. The molecule has 1 saturated heterocycles. The Morgan fingerprint density at radius 3 is 2.43 bits per heavy atom. The highest BCUT2D eigenvalue weighted by Crippen LogP contribution is 2.29. The van der Waals surface area contributed by atoms with Gasteiger partial charge in [-0.15, -0.1) is 0 Å². The lowest BCUT2D eigenvalue weighted by Gasteiger charge is -2.40. The van der Waals surface area contributed by atoms with Crippen LogP contribution < -0.4 is 5.73 Å². The highest BCUT2D eigenvalue weighted by molar-refractivity contribution is 5.79. The Bertz CT molecular complexity index is 359. The molecule has 5 heteroatoms. The summed E-state index contributed by atoms with van der Waals surface area (Å²) in [6.07, 6.45) is 3.05. The van der Waals surface area contributed by atoms with Gasteiger partial charge in [-0.05, 0) is 39.0 Å². The van der Waals surface area contributed by atoms with E-state index in [-0.39, 0.29) is 17.9 Å². The number of nitrogens with zero attached hydrogens (tertiary/aromatic N) is 2. The van der Waals surface area contributed by atoms with Crippen LogP contribution in [0.3, 0.4) is 0 Å². The molecule has 0 aromatic heterocycles. The zero-order chi connectivity index (χ0) is 15.6. The van der Waals surface area contributed by atoms with Gasteiger partial charge >= 0.3 is 0 Å². The maximum atomic E-state index is 12.7. The summed E-state index contributed by atoms with van der Waals surface area (Å²) in [7, 11) is 0. The lowest BCUT2D eigenvalue weighted by molar-refractivity contribution is -0.139. The van der Waals surface area contributed by atoms with Crippen molar-refractivity contribution in [2.45, 2.75) is 51.7 Å². The predicted octanol–water partition coefficient (Wildman–Crippen LogP) is 0.665. The molecule has 0 aromatic rings. The highest BCUT2D eigenvalue weighted by Gasteiger charge is 2.35. The molecule has 0 spiro atoms. The monoisotopic (exact) mass is 297 g/mol. The predicted molar refractivity (Wildman–Crippen MR) is 83.8 cm³/mol. The van der Waals surface area contributed by atoms with E-state index < -0.39 is 5.60 Å². The minimum atomic E-state index is -0.673. The fourth-order valence-corrected chi connectivity index (χ4v) is 3.60. The molecular weight excluding hydrogens is 266 g/mol. The molecule has 3 unspecified atom stereocenters. The van der Waals surface area contributed by atoms with Gasteiger partial charge in [-0.25, -0.2) is 0 Å². The van der Waals surface area contributed by atoms with Gasteiger partial charge in [0, 0.05) is 38.8 Å². The first kappa shape index (κ1) is 16.7. The van der Waals surface area contributed by atoms with E-state index in [1.54, 1.807) is 0 Å². The van der Waals surface area contributed by atoms with Crippen LogP contribution in [0.2, 0.25) is 0 Å². The van der Waals surface area contributed by atoms with Gasteiger partial charge in [-0.3, -0.25) is 9.69 Å². The van der Waals surface area contributed by atoms with Gasteiger partial charge < -0.3 is 15.7 Å². The number of hydrogen-bond donors (Lipinski definition) is 2. The zero-order valence-electron chi connectivity index (χ0n) is 13.7. The second-order valence-electron chi connectivity index (χ2n) is 7.60. The van der Waals surface area contributed by atoms with Gasteiger partial charge in [0.1, 0.15) is 0 Å². The van der Waals surface area contributed by atoms with Gasteiger partial charge in [-0.2, -0.15) is 0 Å². The third-order valence-electron chi connectivity index (χ3n) is 4.78. The first-order valence-corrected chi connectivity index (χ1v) is 8.25. The third-order valence-corrected chi connectivity index (χ3v) is 4.78. The minimum Gasteiger partial charge on any atom is -0.389 e. The summed E-state index contributed by atoms with van der Waals surface area (Å²) >= 11 is 0. The SMILES string of the molecule is CC1CCC(N)C(C(=O)N2CCN(CC(C)(C)O)CC2)C1. The van der Waals surface area contributed by atoms with Crippen molar-refractivity contribution in [2.75, 3.05) is 32.7 Å². The van der Waals surface area contributed by atoms with Crippen LogP contribution in [0.5, 0.6) is 0 Å². The summed E-state index contributed by atoms with van der Waals surface area (Å²) < 4.78 is 0. The molecule has 3 N–H and O–H groups in total. The number of piperazine rings is 1. The van der Waals surface area contributed by atoms with E-state index in [0.29, 0.717) is 12.5 Å². The average Bonchev–Trinajstić information content (AvgIpc) is 2.40. The Labute approximate surface area is 128 Å². The Morgan fingerprint density at radius 1 is 1.24 bits per heavy atom. The maximum absolute atomic E-state index is 12.7. The standard InChI is InChI=1S/C16H31N3O2/c1-12-4-5-14(17)13(10-12)15(20)19-8-6-18(7-9-19)11-16(2,3)21/h12-14,21H,4-11,17H2,1-3H3. The minimum absolute atomic E-state index is 0.00887. The van der Waals surface area contributed by atoms with Crippen molar-refractivity contribution in [3.05, 3.63) is 0 Å². The summed E-state index contributed by atoms with van der Waals surface area (Å²) in [5.41, 5.74) is 5.50. The number of hydrogen-bond acceptors (Lipinski definition) is 4. The average molecular weight is 297 g/mol. The van der Waals surface area contributed by atoms with Crippen LogP contribution in [0.15, 0.2) is 0 Å². The number of β-amino-alcohol motifs (C(OH)–C–C–N with tert-alkyl or cyclic N) is 1. The summed E-state index contributed by atoms with van der Waals surface area (Å²) in [5.74, 6) is 0.863. The van der Waals surface area contributed by atoms with Crippen molar-refractivity contribution >= 4 is 5.91 Å². The summed E-state index contributed by atoms with van der Waals surface area (Å²) in [6.45, 7) is 9.72. The van der Waals surface area contributed by atoms with Crippen LogP contribution in [-0.4, -0.2) is 65.2 Å². The molecule has 1 heterocycles. The van der Waals surface area contributed by atoms with E-state index in [1.165, 1.54) is 0 Å². The number of aliphatic hydroxyl groups is 1. The van der Waals surface area contributed by atoms with Crippen molar-refractivity contribution in [1.82, 2.24) is 9.80 Å². The number of amides is 1. The first-order valence-electron chi connectivity index (χ1n) is 8.25. The number of rotatable bonds is 3. The fourth-order valence-electron chi connectivity index (χ4n) is 3.60. The smallest absolute Gasteiger partial charge is 0.227 e. The fraction of sp³-hybridized carbons (Fsp3) is 0.938. The number of carbonyl (C=O) groups excluding carboxylic acids is 1. The van der Waals surface area contributed by atoms with Crippen LogP contribution in [0.4, 0.5) is 0 Å². The summed E-state index contributed by atoms with van der Waals surface area (Å²) in [6, 6.07) is 0.0307. The van der Waals surface area contributed by atoms with Crippen LogP contribution in [0, 0.1) is 11.8 Å². The van der Waals surface area contributed by atoms with Crippen molar-refractivity contribution < 1.29 is 9.90 Å². The lowest BCUT2D eigenvalue weighted by atomic mass is 9.78. The van der Waals surface area contributed by atoms with Crippen molar-refractivity contribution in [1.29, 1.82) is 0 Å². The van der Waals surface area contributed by atoms with E-state index in [4.69, 9.17) is 5.73 Å². The molecule has 5 nitrogen and oxygen atoms in total. The molecule has 1 aliphatic carbocycles. The molecule has 21 heavy (non-hydrogen) atoms. The van der Waals surface area contributed by atoms with Crippen molar-refractivity contribution in [3.63, 3.8) is 0 Å². The Morgan fingerprint density at radius 2 is 1.86 bits per heavy atom. The molecule has 1 saturated carbocycles. The summed E-state index contributed by atoms with van der Waals surface area (Å²) in [5, 5.41) is 9.87. The topological polar surface area (TPSA) is 69.8 Å². The molecule has 1 amide bonds. The first-order chi connectivity index (χ1) is 9.76. The van der Waals surface area contributed by atoms with Crippen LogP contribution in [-0.2, 0) is 4.79 Å². The second kappa shape index (κ2) is 6.63. The van der Waals surface area contributed by atoms with E-state index in [0.717, 1.165) is 45.4 Å². The van der Waals surface area contributed by atoms with Gasteiger partial charge in [0.25, 0.3) is 0 Å². The quantitative estimate of drug-likeness (QED) is 0.803. The molecule has 122 valence electrons. The molecule has 0 radical (unpaired) electrons. The van der Waals surface area contributed by atoms with Crippen LogP contribution in [0.1, 0.15) is 40.0 Å². The van der Waals surface area contributed by atoms with Gasteiger partial charge in [0.05, 0.1) is 11.5 Å². The number of nitrogens with two attached hydrogens (primary N) is 1. The van der Waals surface area contributed by atoms with Gasteiger partial charge in [0.2, 0.25) is 5.91 Å². The van der Waals surface area contributed by atoms with Crippen LogP contribution in [0.25, 0.3) is 0 Å². The molecule has 2 fully saturated rings. The van der Waals surface area contributed by atoms with Crippen molar-refractivity contribution in [3.8, 4) is 0 Å². The van der Waals surface area contributed by atoms with Gasteiger partial charge in [-0.1, -0.05) is 6.92 Å². The maximum Gasteiger partial charge on any atom is 0.227 e. The van der Waals surface area contributed by atoms with Crippen molar-refractivity contribution in [2.24, 2.45) is 17.6 Å². The number of carbonyl (C=O) groups is 1. The normalized spacial score (nSPS) is 32.2.